The average Bonchev–Trinajstić information content (AvgIpc) is 3.10. The Bertz CT molecular complexity index is 945. The van der Waals surface area contributed by atoms with Gasteiger partial charge >= 0.3 is 0 Å². The molecule has 1 heterocycles. The minimum Gasteiger partial charge on any atom is -0.484 e. The molecule has 3 aromatic rings. The number of para-hydroxylation sites is 1. The summed E-state index contributed by atoms with van der Waals surface area (Å²) in [5, 5.41) is 11.7. The molecule has 0 aliphatic carbocycles. The fraction of sp³-hybridized carbons (Fsp3) is 0.211. The lowest BCUT2D eigenvalue weighted by Gasteiger charge is -2.07. The van der Waals surface area contributed by atoms with E-state index in [1.54, 1.807) is 18.2 Å². The molecule has 0 atom stereocenters. The predicted molar refractivity (Wildman–Crippen MR) is 105 cm³/mol. The van der Waals surface area contributed by atoms with Crippen molar-refractivity contribution in [3.05, 3.63) is 64.5 Å². The topological polar surface area (TPSA) is 77.2 Å². The van der Waals surface area contributed by atoms with Crippen molar-refractivity contribution in [1.82, 2.24) is 10.2 Å². The molecule has 0 aliphatic rings. The van der Waals surface area contributed by atoms with Crippen molar-refractivity contribution in [2.24, 2.45) is 0 Å². The van der Waals surface area contributed by atoms with Crippen LogP contribution in [0.1, 0.15) is 17.0 Å². The van der Waals surface area contributed by atoms with E-state index >= 15 is 0 Å². The third-order valence-corrected chi connectivity index (χ3v) is 4.74. The van der Waals surface area contributed by atoms with Gasteiger partial charge in [0.05, 0.1) is 5.75 Å². The SMILES string of the molecule is Cc1cc(Cl)ccc1NC(=O)CSc1nnc(COc2ccccc2C)o1. The van der Waals surface area contributed by atoms with Gasteiger partial charge in [-0.05, 0) is 49.2 Å². The van der Waals surface area contributed by atoms with E-state index in [9.17, 15) is 4.79 Å². The molecule has 3 rings (SSSR count). The van der Waals surface area contributed by atoms with Crippen LogP contribution in [-0.2, 0) is 11.4 Å². The molecule has 1 aromatic heterocycles. The molecule has 1 amide bonds. The predicted octanol–water partition coefficient (Wildman–Crippen LogP) is 4.65. The highest BCUT2D eigenvalue weighted by atomic mass is 35.5. The number of halogens is 1. The maximum absolute atomic E-state index is 12.1. The van der Waals surface area contributed by atoms with Gasteiger partial charge in [-0.15, -0.1) is 10.2 Å². The number of benzene rings is 2. The summed E-state index contributed by atoms with van der Waals surface area (Å²) in [5.41, 5.74) is 2.65. The molecule has 140 valence electrons. The minimum atomic E-state index is -0.165. The number of nitrogens with zero attached hydrogens (tertiary/aromatic N) is 2. The lowest BCUT2D eigenvalue weighted by molar-refractivity contribution is -0.113. The highest BCUT2D eigenvalue weighted by Crippen LogP contribution is 2.22. The first-order chi connectivity index (χ1) is 13.0. The van der Waals surface area contributed by atoms with Crippen LogP contribution in [0.5, 0.6) is 5.75 Å². The summed E-state index contributed by atoms with van der Waals surface area (Å²) in [5.74, 6) is 1.11. The summed E-state index contributed by atoms with van der Waals surface area (Å²) in [6.07, 6.45) is 0. The summed E-state index contributed by atoms with van der Waals surface area (Å²) in [7, 11) is 0. The number of hydrogen-bond donors (Lipinski definition) is 1. The Morgan fingerprint density at radius 2 is 2.00 bits per heavy atom. The third kappa shape index (κ3) is 5.48. The Labute approximate surface area is 166 Å². The fourth-order valence-corrected chi connectivity index (χ4v) is 3.10. The van der Waals surface area contributed by atoms with Crippen LogP contribution in [0.3, 0.4) is 0 Å². The van der Waals surface area contributed by atoms with E-state index < -0.39 is 0 Å². The van der Waals surface area contributed by atoms with E-state index in [2.05, 4.69) is 15.5 Å². The maximum atomic E-state index is 12.1. The van der Waals surface area contributed by atoms with Crippen molar-refractivity contribution in [3.63, 3.8) is 0 Å². The summed E-state index contributed by atoms with van der Waals surface area (Å²) in [6, 6.07) is 13.0. The van der Waals surface area contributed by atoms with E-state index in [4.69, 9.17) is 20.8 Å². The smallest absolute Gasteiger partial charge is 0.277 e. The number of nitrogens with one attached hydrogen (secondary N) is 1. The maximum Gasteiger partial charge on any atom is 0.277 e. The highest BCUT2D eigenvalue weighted by Gasteiger charge is 2.11. The second-order valence-electron chi connectivity index (χ2n) is 5.81. The quantitative estimate of drug-likeness (QED) is 0.578. The van der Waals surface area contributed by atoms with Crippen molar-refractivity contribution in [2.45, 2.75) is 25.7 Å². The van der Waals surface area contributed by atoms with Crippen LogP contribution in [0.25, 0.3) is 0 Å². The Kier molecular flexibility index (Phi) is 6.36. The molecule has 1 N–H and O–H groups in total. The van der Waals surface area contributed by atoms with Crippen LogP contribution in [0.15, 0.2) is 52.1 Å². The third-order valence-electron chi connectivity index (χ3n) is 3.68. The summed E-state index contributed by atoms with van der Waals surface area (Å²) >= 11 is 7.08. The molecule has 0 radical (unpaired) electrons. The summed E-state index contributed by atoms with van der Waals surface area (Å²) in [6.45, 7) is 4.02. The largest absolute Gasteiger partial charge is 0.484 e. The summed E-state index contributed by atoms with van der Waals surface area (Å²) in [4.78, 5) is 12.1. The van der Waals surface area contributed by atoms with E-state index in [1.807, 2.05) is 38.1 Å². The van der Waals surface area contributed by atoms with Gasteiger partial charge in [0.15, 0.2) is 6.61 Å². The van der Waals surface area contributed by atoms with Crippen molar-refractivity contribution in [1.29, 1.82) is 0 Å². The second kappa shape index (κ2) is 8.92. The number of aromatic nitrogens is 2. The minimum absolute atomic E-state index is 0.155. The standard InChI is InChI=1S/C19H18ClN3O3S/c1-12-5-3-4-6-16(12)25-10-18-22-23-19(26-18)27-11-17(24)21-15-8-7-14(20)9-13(15)2/h3-9H,10-11H2,1-2H3,(H,21,24). The summed E-state index contributed by atoms with van der Waals surface area (Å²) < 4.78 is 11.2. The Morgan fingerprint density at radius 3 is 2.78 bits per heavy atom. The monoisotopic (exact) mass is 403 g/mol. The van der Waals surface area contributed by atoms with Crippen LogP contribution in [0.2, 0.25) is 5.02 Å². The fourth-order valence-electron chi connectivity index (χ4n) is 2.29. The molecule has 0 bridgehead atoms. The van der Waals surface area contributed by atoms with Crippen molar-refractivity contribution in [3.8, 4) is 5.75 Å². The zero-order chi connectivity index (χ0) is 19.2. The van der Waals surface area contributed by atoms with Gasteiger partial charge in [-0.3, -0.25) is 4.79 Å². The van der Waals surface area contributed by atoms with Crippen LogP contribution < -0.4 is 10.1 Å². The molecular weight excluding hydrogens is 386 g/mol. The molecule has 2 aromatic carbocycles. The first-order valence-electron chi connectivity index (χ1n) is 8.21. The van der Waals surface area contributed by atoms with Crippen LogP contribution in [0.4, 0.5) is 5.69 Å². The second-order valence-corrected chi connectivity index (χ2v) is 7.18. The number of anilines is 1. The van der Waals surface area contributed by atoms with Crippen molar-refractivity contribution < 1.29 is 13.9 Å². The number of carbonyl (C=O) groups is 1. The molecular formula is C19H18ClN3O3S. The lowest BCUT2D eigenvalue weighted by Crippen LogP contribution is -2.14. The van der Waals surface area contributed by atoms with E-state index in [0.29, 0.717) is 16.1 Å². The van der Waals surface area contributed by atoms with Crippen LogP contribution in [-0.4, -0.2) is 21.9 Å². The van der Waals surface area contributed by atoms with Crippen molar-refractivity contribution >= 4 is 35.0 Å². The Hall–Kier alpha value is -2.51. The Morgan fingerprint density at radius 1 is 1.19 bits per heavy atom. The van der Waals surface area contributed by atoms with Gasteiger partial charge in [0.1, 0.15) is 5.75 Å². The zero-order valence-electron chi connectivity index (χ0n) is 14.9. The molecule has 0 aliphatic heterocycles. The van der Waals surface area contributed by atoms with Gasteiger partial charge in [0.25, 0.3) is 11.1 Å². The molecule has 27 heavy (non-hydrogen) atoms. The first kappa shape index (κ1) is 19.3. The van der Waals surface area contributed by atoms with Gasteiger partial charge in [-0.25, -0.2) is 0 Å². The first-order valence-corrected chi connectivity index (χ1v) is 9.57. The average molecular weight is 404 g/mol. The van der Waals surface area contributed by atoms with E-state index in [-0.39, 0.29) is 18.3 Å². The van der Waals surface area contributed by atoms with Crippen LogP contribution in [0, 0.1) is 13.8 Å². The van der Waals surface area contributed by atoms with Crippen molar-refractivity contribution in [2.75, 3.05) is 11.1 Å². The molecule has 6 nitrogen and oxygen atoms in total. The number of hydrogen-bond acceptors (Lipinski definition) is 6. The van der Waals surface area contributed by atoms with Crippen LogP contribution >= 0.6 is 23.4 Å². The number of carbonyl (C=O) groups excluding carboxylic acids is 1. The number of rotatable bonds is 7. The van der Waals surface area contributed by atoms with E-state index in [0.717, 1.165) is 22.6 Å². The molecule has 0 fully saturated rings. The lowest BCUT2D eigenvalue weighted by atomic mass is 10.2. The highest BCUT2D eigenvalue weighted by molar-refractivity contribution is 7.99. The number of thioether (sulfide) groups is 1. The molecule has 0 saturated carbocycles. The van der Waals surface area contributed by atoms with Gasteiger partial charge < -0.3 is 14.5 Å². The van der Waals surface area contributed by atoms with Gasteiger partial charge in [0.2, 0.25) is 5.91 Å². The zero-order valence-corrected chi connectivity index (χ0v) is 16.4. The van der Waals surface area contributed by atoms with Gasteiger partial charge in [-0.1, -0.05) is 41.6 Å². The van der Waals surface area contributed by atoms with E-state index in [1.165, 1.54) is 11.8 Å². The normalized spacial score (nSPS) is 10.6. The van der Waals surface area contributed by atoms with Gasteiger partial charge in [0, 0.05) is 10.7 Å². The number of ether oxygens (including phenoxy) is 1. The number of aryl methyl sites for hydroxylation is 2. The van der Waals surface area contributed by atoms with Gasteiger partial charge in [-0.2, -0.15) is 0 Å². The molecule has 0 unspecified atom stereocenters. The molecule has 0 spiro atoms. The Balaban J connectivity index is 1.49. The molecule has 0 saturated heterocycles. The molecule has 8 heteroatoms. The number of amides is 1.